The first kappa shape index (κ1) is 15.4. The van der Waals surface area contributed by atoms with Gasteiger partial charge in [0.25, 0.3) is 5.91 Å². The molecule has 0 saturated carbocycles. The Bertz CT molecular complexity index is 694. The SMILES string of the molecule is O=C(c1cc(-c2ccccc2)no1)N1CCC(N2CCNCC2)C1. The second kappa shape index (κ2) is 6.75. The van der Waals surface area contributed by atoms with Gasteiger partial charge in [-0.2, -0.15) is 0 Å². The van der Waals surface area contributed by atoms with E-state index in [1.54, 1.807) is 6.07 Å². The van der Waals surface area contributed by atoms with E-state index in [9.17, 15) is 4.79 Å². The lowest BCUT2D eigenvalue weighted by molar-refractivity contribution is 0.0732. The van der Waals surface area contributed by atoms with Crippen LogP contribution < -0.4 is 5.32 Å². The highest BCUT2D eigenvalue weighted by atomic mass is 16.5. The van der Waals surface area contributed by atoms with Gasteiger partial charge in [-0.05, 0) is 6.42 Å². The van der Waals surface area contributed by atoms with Crippen molar-refractivity contribution in [1.82, 2.24) is 20.3 Å². The van der Waals surface area contributed by atoms with Crippen LogP contribution in [0, 0.1) is 0 Å². The molecule has 1 unspecified atom stereocenters. The highest BCUT2D eigenvalue weighted by Crippen LogP contribution is 2.22. The molecule has 126 valence electrons. The number of amides is 1. The number of carbonyl (C=O) groups excluding carboxylic acids is 1. The molecule has 2 aliphatic heterocycles. The Balaban J connectivity index is 1.42. The van der Waals surface area contributed by atoms with Crippen LogP contribution in [0.4, 0.5) is 0 Å². The van der Waals surface area contributed by atoms with E-state index < -0.39 is 0 Å². The van der Waals surface area contributed by atoms with Crippen LogP contribution in [0.5, 0.6) is 0 Å². The van der Waals surface area contributed by atoms with Crippen LogP contribution in [0.15, 0.2) is 40.9 Å². The number of nitrogens with zero attached hydrogens (tertiary/aromatic N) is 3. The Kier molecular flexibility index (Phi) is 4.32. The van der Waals surface area contributed by atoms with Crippen LogP contribution in [0.1, 0.15) is 17.0 Å². The minimum Gasteiger partial charge on any atom is -0.350 e. The monoisotopic (exact) mass is 326 g/mol. The summed E-state index contributed by atoms with van der Waals surface area (Å²) >= 11 is 0. The number of aromatic nitrogens is 1. The minimum absolute atomic E-state index is 0.0534. The Morgan fingerprint density at radius 2 is 1.96 bits per heavy atom. The molecule has 0 spiro atoms. The van der Waals surface area contributed by atoms with E-state index in [1.165, 1.54) is 0 Å². The molecular weight excluding hydrogens is 304 g/mol. The number of piperazine rings is 1. The minimum atomic E-state index is -0.0534. The summed E-state index contributed by atoms with van der Waals surface area (Å²) in [6.07, 6.45) is 1.03. The number of rotatable bonds is 3. The van der Waals surface area contributed by atoms with Gasteiger partial charge in [-0.3, -0.25) is 9.69 Å². The van der Waals surface area contributed by atoms with E-state index >= 15 is 0 Å². The summed E-state index contributed by atoms with van der Waals surface area (Å²) in [5.74, 6) is 0.275. The topological polar surface area (TPSA) is 61.6 Å². The van der Waals surface area contributed by atoms with Crippen LogP contribution in [0.3, 0.4) is 0 Å². The van der Waals surface area contributed by atoms with Gasteiger partial charge in [-0.1, -0.05) is 35.5 Å². The van der Waals surface area contributed by atoms with Gasteiger partial charge in [-0.25, -0.2) is 0 Å². The molecule has 3 heterocycles. The van der Waals surface area contributed by atoms with Gasteiger partial charge in [0.15, 0.2) is 0 Å². The molecule has 1 amide bonds. The van der Waals surface area contributed by atoms with Gasteiger partial charge in [-0.15, -0.1) is 0 Å². The maximum absolute atomic E-state index is 12.7. The third-order valence-electron chi connectivity index (χ3n) is 4.91. The molecule has 0 radical (unpaired) electrons. The van der Waals surface area contributed by atoms with Crippen LogP contribution in [-0.2, 0) is 0 Å². The summed E-state index contributed by atoms with van der Waals surface area (Å²) in [5.41, 5.74) is 1.66. The smallest absolute Gasteiger partial charge is 0.292 e. The normalized spacial score (nSPS) is 22.0. The predicted octanol–water partition coefficient (Wildman–Crippen LogP) is 1.46. The molecule has 4 rings (SSSR count). The maximum atomic E-state index is 12.7. The van der Waals surface area contributed by atoms with Crippen LogP contribution in [0.25, 0.3) is 11.3 Å². The number of hydrogen-bond acceptors (Lipinski definition) is 5. The molecule has 2 saturated heterocycles. The molecule has 2 aliphatic rings. The van der Waals surface area contributed by atoms with Gasteiger partial charge in [0, 0.05) is 56.9 Å². The lowest BCUT2D eigenvalue weighted by Crippen LogP contribution is -2.49. The molecule has 24 heavy (non-hydrogen) atoms. The van der Waals surface area contributed by atoms with Crippen molar-refractivity contribution in [1.29, 1.82) is 0 Å². The molecule has 6 heteroatoms. The van der Waals surface area contributed by atoms with Gasteiger partial charge >= 0.3 is 0 Å². The number of likely N-dealkylation sites (tertiary alicyclic amines) is 1. The van der Waals surface area contributed by atoms with E-state index in [0.717, 1.165) is 51.3 Å². The van der Waals surface area contributed by atoms with Crippen molar-refractivity contribution in [3.63, 3.8) is 0 Å². The van der Waals surface area contributed by atoms with E-state index in [4.69, 9.17) is 4.52 Å². The fourth-order valence-corrected chi connectivity index (χ4v) is 3.55. The molecule has 0 bridgehead atoms. The predicted molar refractivity (Wildman–Crippen MR) is 90.7 cm³/mol. The molecular formula is C18H22N4O2. The van der Waals surface area contributed by atoms with Crippen LogP contribution in [0.2, 0.25) is 0 Å². The molecule has 0 aliphatic carbocycles. The first-order chi connectivity index (χ1) is 11.8. The quantitative estimate of drug-likeness (QED) is 0.925. The Morgan fingerprint density at radius 1 is 1.17 bits per heavy atom. The number of carbonyl (C=O) groups is 1. The highest BCUT2D eigenvalue weighted by molar-refractivity contribution is 5.92. The zero-order valence-electron chi connectivity index (χ0n) is 13.6. The Hall–Kier alpha value is -2.18. The Morgan fingerprint density at radius 3 is 2.75 bits per heavy atom. The third kappa shape index (κ3) is 3.07. The van der Waals surface area contributed by atoms with Crippen molar-refractivity contribution in [2.75, 3.05) is 39.3 Å². The summed E-state index contributed by atoms with van der Waals surface area (Å²) < 4.78 is 5.31. The average Bonchev–Trinajstić information content (AvgIpc) is 3.33. The second-order valence-corrected chi connectivity index (χ2v) is 6.42. The van der Waals surface area contributed by atoms with Gasteiger partial charge in [0.05, 0.1) is 0 Å². The van der Waals surface area contributed by atoms with Gasteiger partial charge in [0.1, 0.15) is 5.69 Å². The van der Waals surface area contributed by atoms with Crippen LogP contribution >= 0.6 is 0 Å². The fourth-order valence-electron chi connectivity index (χ4n) is 3.55. The second-order valence-electron chi connectivity index (χ2n) is 6.42. The van der Waals surface area contributed by atoms with E-state index in [1.807, 2.05) is 35.2 Å². The lowest BCUT2D eigenvalue weighted by atomic mass is 10.1. The Labute approximate surface area is 141 Å². The van der Waals surface area contributed by atoms with Crippen molar-refractivity contribution in [2.45, 2.75) is 12.5 Å². The van der Waals surface area contributed by atoms with Crippen molar-refractivity contribution in [2.24, 2.45) is 0 Å². The molecule has 1 atom stereocenters. The largest absolute Gasteiger partial charge is 0.350 e. The molecule has 6 nitrogen and oxygen atoms in total. The average molecular weight is 326 g/mol. The highest BCUT2D eigenvalue weighted by Gasteiger charge is 2.32. The first-order valence-corrected chi connectivity index (χ1v) is 8.57. The molecule has 2 fully saturated rings. The molecule has 2 aromatic rings. The third-order valence-corrected chi connectivity index (χ3v) is 4.91. The number of nitrogens with one attached hydrogen (secondary N) is 1. The van der Waals surface area contributed by atoms with E-state index in [0.29, 0.717) is 17.5 Å². The van der Waals surface area contributed by atoms with Gasteiger partial charge < -0.3 is 14.7 Å². The summed E-state index contributed by atoms with van der Waals surface area (Å²) in [6.45, 7) is 5.76. The standard InChI is InChI=1S/C18H22N4O2/c23-18(17-12-16(20-24-17)14-4-2-1-3-5-14)22-9-6-15(13-22)21-10-7-19-8-11-21/h1-5,12,15,19H,6-11,13H2. The van der Waals surface area contributed by atoms with Crippen molar-refractivity contribution in [3.8, 4) is 11.3 Å². The molecule has 1 aromatic carbocycles. The molecule has 1 aromatic heterocycles. The summed E-state index contributed by atoms with van der Waals surface area (Å²) in [4.78, 5) is 17.1. The zero-order chi connectivity index (χ0) is 16.4. The van der Waals surface area contributed by atoms with Crippen molar-refractivity contribution in [3.05, 3.63) is 42.2 Å². The van der Waals surface area contributed by atoms with Crippen molar-refractivity contribution < 1.29 is 9.32 Å². The molecule has 1 N–H and O–H groups in total. The number of hydrogen-bond donors (Lipinski definition) is 1. The summed E-state index contributed by atoms with van der Waals surface area (Å²) in [7, 11) is 0. The number of benzene rings is 1. The van der Waals surface area contributed by atoms with Gasteiger partial charge in [0.2, 0.25) is 5.76 Å². The van der Waals surface area contributed by atoms with Crippen LogP contribution in [-0.4, -0.2) is 66.2 Å². The summed E-state index contributed by atoms with van der Waals surface area (Å²) in [5, 5.41) is 7.42. The van der Waals surface area contributed by atoms with E-state index in [2.05, 4.69) is 15.4 Å². The summed E-state index contributed by atoms with van der Waals surface area (Å²) in [6, 6.07) is 12.0. The maximum Gasteiger partial charge on any atom is 0.292 e. The van der Waals surface area contributed by atoms with Crippen molar-refractivity contribution >= 4 is 5.91 Å². The fraction of sp³-hybridized carbons (Fsp3) is 0.444. The first-order valence-electron chi connectivity index (χ1n) is 8.57. The van der Waals surface area contributed by atoms with E-state index in [-0.39, 0.29) is 5.91 Å². The lowest BCUT2D eigenvalue weighted by Gasteiger charge is -2.32. The zero-order valence-corrected chi connectivity index (χ0v) is 13.6.